The van der Waals surface area contributed by atoms with Crippen LogP contribution in [0.4, 0.5) is 0 Å². The summed E-state index contributed by atoms with van der Waals surface area (Å²) in [6.07, 6.45) is 2.68. The molecule has 1 aliphatic rings. The molecular weight excluding hydrogens is 352 g/mol. The maximum Gasteiger partial charge on any atom is 0.119 e. The Morgan fingerprint density at radius 2 is 2.10 bits per heavy atom. The SMILES string of the molecule is CCN(CCOc1ccc(Br)cc1)CC1CCCNC1.Cl. The third-order valence-corrected chi connectivity index (χ3v) is 4.38. The number of rotatable bonds is 7. The summed E-state index contributed by atoms with van der Waals surface area (Å²) in [5, 5.41) is 3.49. The summed E-state index contributed by atoms with van der Waals surface area (Å²) in [6, 6.07) is 8.04. The Labute approximate surface area is 143 Å². The van der Waals surface area contributed by atoms with Gasteiger partial charge < -0.3 is 10.1 Å². The molecule has 1 aromatic carbocycles. The second kappa shape index (κ2) is 10.4. The van der Waals surface area contributed by atoms with Gasteiger partial charge in [0, 0.05) is 17.6 Å². The van der Waals surface area contributed by atoms with E-state index in [0.717, 1.165) is 35.8 Å². The van der Waals surface area contributed by atoms with Gasteiger partial charge in [-0.3, -0.25) is 4.90 Å². The standard InChI is InChI=1S/C16H25BrN2O.ClH/c1-2-19(13-14-4-3-9-18-12-14)10-11-20-16-7-5-15(17)6-8-16;/h5-8,14,18H,2-4,9-13H2,1H3;1H. The molecule has 0 aliphatic carbocycles. The van der Waals surface area contributed by atoms with Crippen molar-refractivity contribution in [1.82, 2.24) is 10.2 Å². The lowest BCUT2D eigenvalue weighted by Gasteiger charge is -2.29. The fourth-order valence-corrected chi connectivity index (χ4v) is 2.91. The minimum absolute atomic E-state index is 0. The first-order valence-corrected chi connectivity index (χ1v) is 8.38. The second-order valence-electron chi connectivity index (χ2n) is 5.41. The van der Waals surface area contributed by atoms with Crippen molar-refractivity contribution in [2.45, 2.75) is 19.8 Å². The van der Waals surface area contributed by atoms with E-state index in [1.165, 1.54) is 32.5 Å². The Morgan fingerprint density at radius 3 is 2.71 bits per heavy atom. The zero-order valence-corrected chi connectivity index (χ0v) is 15.1. The number of likely N-dealkylation sites (N-methyl/N-ethyl adjacent to an activating group) is 1. The molecule has 2 rings (SSSR count). The third kappa shape index (κ3) is 7.00. The molecule has 0 spiro atoms. The molecule has 3 nitrogen and oxygen atoms in total. The Morgan fingerprint density at radius 1 is 1.33 bits per heavy atom. The smallest absolute Gasteiger partial charge is 0.119 e. The normalized spacial score (nSPS) is 18.3. The van der Waals surface area contributed by atoms with Crippen molar-refractivity contribution in [1.29, 1.82) is 0 Å². The van der Waals surface area contributed by atoms with Gasteiger partial charge in [-0.25, -0.2) is 0 Å². The van der Waals surface area contributed by atoms with Crippen molar-refractivity contribution in [2.24, 2.45) is 5.92 Å². The molecule has 1 aromatic rings. The van der Waals surface area contributed by atoms with E-state index < -0.39 is 0 Å². The van der Waals surface area contributed by atoms with Crippen LogP contribution < -0.4 is 10.1 Å². The summed E-state index contributed by atoms with van der Waals surface area (Å²) >= 11 is 3.43. The predicted octanol–water partition coefficient (Wildman–Crippen LogP) is 3.57. The number of nitrogens with zero attached hydrogens (tertiary/aromatic N) is 1. The lowest BCUT2D eigenvalue weighted by Crippen LogP contribution is -2.39. The monoisotopic (exact) mass is 376 g/mol. The van der Waals surface area contributed by atoms with Crippen molar-refractivity contribution < 1.29 is 4.74 Å². The number of benzene rings is 1. The number of piperidine rings is 1. The van der Waals surface area contributed by atoms with Gasteiger partial charge in [0.25, 0.3) is 0 Å². The predicted molar refractivity (Wildman–Crippen MR) is 94.6 cm³/mol. The molecule has 1 saturated heterocycles. The van der Waals surface area contributed by atoms with Crippen molar-refractivity contribution in [3.05, 3.63) is 28.7 Å². The van der Waals surface area contributed by atoms with Crippen LogP contribution in [0.15, 0.2) is 28.7 Å². The van der Waals surface area contributed by atoms with Crippen LogP contribution in [0.2, 0.25) is 0 Å². The summed E-state index contributed by atoms with van der Waals surface area (Å²) in [5.74, 6) is 1.75. The fourth-order valence-electron chi connectivity index (χ4n) is 2.65. The molecule has 0 radical (unpaired) electrons. The highest BCUT2D eigenvalue weighted by atomic mass is 79.9. The summed E-state index contributed by atoms with van der Waals surface area (Å²) < 4.78 is 6.89. The van der Waals surface area contributed by atoms with Crippen LogP contribution >= 0.6 is 28.3 Å². The molecule has 1 unspecified atom stereocenters. The van der Waals surface area contributed by atoms with E-state index in [-0.39, 0.29) is 12.4 Å². The van der Waals surface area contributed by atoms with Gasteiger partial charge >= 0.3 is 0 Å². The number of hydrogen-bond acceptors (Lipinski definition) is 3. The molecule has 1 fully saturated rings. The second-order valence-corrected chi connectivity index (χ2v) is 6.32. The number of nitrogens with one attached hydrogen (secondary N) is 1. The molecule has 5 heteroatoms. The molecular formula is C16H26BrClN2O. The van der Waals surface area contributed by atoms with Crippen molar-refractivity contribution >= 4 is 28.3 Å². The molecule has 0 aromatic heterocycles. The Bertz CT molecular complexity index is 382. The molecule has 0 bridgehead atoms. The van der Waals surface area contributed by atoms with E-state index in [1.807, 2.05) is 24.3 Å². The maximum atomic E-state index is 5.80. The largest absolute Gasteiger partial charge is 0.492 e. The molecule has 1 aliphatic heterocycles. The molecule has 120 valence electrons. The van der Waals surface area contributed by atoms with Crippen LogP contribution in [0.1, 0.15) is 19.8 Å². The fraction of sp³-hybridized carbons (Fsp3) is 0.625. The number of ether oxygens (including phenoxy) is 1. The topological polar surface area (TPSA) is 24.5 Å². The minimum Gasteiger partial charge on any atom is -0.492 e. The van der Waals surface area contributed by atoms with Crippen LogP contribution in [0.3, 0.4) is 0 Å². The van der Waals surface area contributed by atoms with Gasteiger partial charge in [-0.05, 0) is 62.7 Å². The van der Waals surface area contributed by atoms with Gasteiger partial charge in [0.1, 0.15) is 12.4 Å². The van der Waals surface area contributed by atoms with E-state index in [0.29, 0.717) is 0 Å². The quantitative estimate of drug-likeness (QED) is 0.786. The van der Waals surface area contributed by atoms with Crippen molar-refractivity contribution in [3.8, 4) is 5.75 Å². The molecule has 0 amide bonds. The third-order valence-electron chi connectivity index (χ3n) is 3.85. The summed E-state index contributed by atoms with van der Waals surface area (Å²) in [6.45, 7) is 8.64. The Balaban J connectivity index is 0.00000220. The zero-order chi connectivity index (χ0) is 14.2. The van der Waals surface area contributed by atoms with E-state index >= 15 is 0 Å². The Hall–Kier alpha value is -0.290. The van der Waals surface area contributed by atoms with Crippen LogP contribution in [-0.4, -0.2) is 44.2 Å². The highest BCUT2D eigenvalue weighted by Gasteiger charge is 2.15. The van der Waals surface area contributed by atoms with Crippen LogP contribution in [0.5, 0.6) is 5.75 Å². The lowest BCUT2D eigenvalue weighted by molar-refractivity contribution is 0.179. The summed E-state index contributed by atoms with van der Waals surface area (Å²) in [4.78, 5) is 2.50. The van der Waals surface area contributed by atoms with Gasteiger partial charge in [-0.15, -0.1) is 12.4 Å². The van der Waals surface area contributed by atoms with E-state index in [4.69, 9.17) is 4.74 Å². The van der Waals surface area contributed by atoms with Gasteiger partial charge in [-0.1, -0.05) is 22.9 Å². The van der Waals surface area contributed by atoms with E-state index in [9.17, 15) is 0 Å². The van der Waals surface area contributed by atoms with Gasteiger partial charge in [-0.2, -0.15) is 0 Å². The van der Waals surface area contributed by atoms with Gasteiger partial charge in [0.15, 0.2) is 0 Å². The highest BCUT2D eigenvalue weighted by Crippen LogP contribution is 2.16. The van der Waals surface area contributed by atoms with Crippen molar-refractivity contribution in [3.63, 3.8) is 0 Å². The summed E-state index contributed by atoms with van der Waals surface area (Å²) in [7, 11) is 0. The van der Waals surface area contributed by atoms with Gasteiger partial charge in [0.2, 0.25) is 0 Å². The molecule has 1 heterocycles. The first-order chi connectivity index (χ1) is 9.78. The number of hydrogen-bond donors (Lipinski definition) is 1. The molecule has 1 atom stereocenters. The Kier molecular flexibility index (Phi) is 9.32. The molecule has 0 saturated carbocycles. The lowest BCUT2D eigenvalue weighted by atomic mass is 9.99. The van der Waals surface area contributed by atoms with Crippen LogP contribution in [0.25, 0.3) is 0 Å². The molecule has 1 N–H and O–H groups in total. The van der Waals surface area contributed by atoms with Crippen LogP contribution in [-0.2, 0) is 0 Å². The first-order valence-electron chi connectivity index (χ1n) is 7.59. The highest BCUT2D eigenvalue weighted by molar-refractivity contribution is 9.10. The zero-order valence-electron chi connectivity index (χ0n) is 12.7. The summed E-state index contributed by atoms with van der Waals surface area (Å²) in [5.41, 5.74) is 0. The van der Waals surface area contributed by atoms with Crippen molar-refractivity contribution in [2.75, 3.05) is 39.3 Å². The van der Waals surface area contributed by atoms with E-state index in [1.54, 1.807) is 0 Å². The average molecular weight is 378 g/mol. The first kappa shape index (κ1) is 18.8. The average Bonchev–Trinajstić information content (AvgIpc) is 2.49. The van der Waals surface area contributed by atoms with Crippen LogP contribution in [0, 0.1) is 5.92 Å². The maximum absolute atomic E-state index is 5.80. The van der Waals surface area contributed by atoms with E-state index in [2.05, 4.69) is 33.1 Å². The number of halogens is 2. The van der Waals surface area contributed by atoms with Gasteiger partial charge in [0.05, 0.1) is 0 Å². The molecule has 21 heavy (non-hydrogen) atoms. The minimum atomic E-state index is 0.